The molecule has 0 aliphatic carbocycles. The van der Waals surface area contributed by atoms with Gasteiger partial charge in [0.25, 0.3) is 0 Å². The van der Waals surface area contributed by atoms with E-state index < -0.39 is 0 Å². The lowest BCUT2D eigenvalue weighted by molar-refractivity contribution is 0.620. The summed E-state index contributed by atoms with van der Waals surface area (Å²) in [7, 11) is 0. The third kappa shape index (κ3) is 5.29. The van der Waals surface area contributed by atoms with Gasteiger partial charge in [0.1, 0.15) is 5.52 Å². The van der Waals surface area contributed by atoms with Crippen LogP contribution in [-0.2, 0) is 0 Å². The normalized spacial score (nSPS) is 11.7. The Bertz CT molecular complexity index is 3550. The number of para-hydroxylation sites is 4. The molecule has 0 N–H and O–H groups in total. The van der Waals surface area contributed by atoms with Crippen LogP contribution in [0.3, 0.4) is 0 Å². The highest BCUT2D eigenvalue weighted by molar-refractivity contribution is 6.23. The van der Waals surface area contributed by atoms with Gasteiger partial charge in [0.15, 0.2) is 17.2 Å². The molecule has 12 aromatic rings. The predicted octanol–water partition coefficient (Wildman–Crippen LogP) is 12.9. The fraction of sp³-hybridized carbons (Fsp3) is 0. The summed E-state index contributed by atoms with van der Waals surface area (Å²) in [5.74, 6) is 2.08. The summed E-state index contributed by atoms with van der Waals surface area (Å²) in [5, 5.41) is 4.54. The van der Waals surface area contributed by atoms with E-state index in [-0.39, 0.29) is 0 Å². The summed E-state index contributed by atoms with van der Waals surface area (Å²) in [4.78, 5) is 20.8. The van der Waals surface area contributed by atoms with Crippen molar-refractivity contribution in [1.82, 2.24) is 29.1 Å². The number of fused-ring (bicyclic) bond motifs is 8. The van der Waals surface area contributed by atoms with Gasteiger partial charge in [-0.05, 0) is 59.7 Å². The van der Waals surface area contributed by atoms with Crippen LogP contribution in [0.1, 0.15) is 0 Å². The molecule has 0 unspecified atom stereocenters. The number of aromatic nitrogens is 6. The second-order valence-electron chi connectivity index (χ2n) is 14.7. The molecule has 0 aliphatic heterocycles. The zero-order valence-corrected chi connectivity index (χ0v) is 31.6. The summed E-state index contributed by atoms with van der Waals surface area (Å²) in [6, 6.07) is 66.8. The average Bonchev–Trinajstić information content (AvgIpc) is 4.00. The highest BCUT2D eigenvalue weighted by Gasteiger charge is 2.24. The molecule has 0 amide bonds. The molecule has 0 saturated carbocycles. The maximum Gasteiger partial charge on any atom is 0.238 e. The Hall–Kier alpha value is -8.16. The summed E-state index contributed by atoms with van der Waals surface area (Å²) in [6.07, 6.45) is 0. The van der Waals surface area contributed by atoms with Gasteiger partial charge < -0.3 is 8.98 Å². The molecule has 7 heteroatoms. The highest BCUT2D eigenvalue weighted by atomic mass is 16.3. The Morgan fingerprint density at radius 1 is 0.373 bits per heavy atom. The fourth-order valence-corrected chi connectivity index (χ4v) is 8.57. The zero-order chi connectivity index (χ0) is 38.9. The smallest absolute Gasteiger partial charge is 0.238 e. The number of benzene rings is 8. The van der Waals surface area contributed by atoms with Crippen molar-refractivity contribution < 1.29 is 4.42 Å². The second-order valence-corrected chi connectivity index (χ2v) is 14.7. The van der Waals surface area contributed by atoms with Crippen LogP contribution in [-0.4, -0.2) is 29.1 Å². The van der Waals surface area contributed by atoms with Crippen LogP contribution in [0.25, 0.3) is 112 Å². The molecule has 4 heterocycles. The molecule has 8 aromatic carbocycles. The van der Waals surface area contributed by atoms with Gasteiger partial charge in [-0.3, -0.25) is 4.57 Å². The van der Waals surface area contributed by atoms with Crippen molar-refractivity contribution in [2.75, 3.05) is 0 Å². The number of hydrogen-bond donors (Lipinski definition) is 0. The zero-order valence-electron chi connectivity index (χ0n) is 31.6. The Kier molecular flexibility index (Phi) is 7.40. The first kappa shape index (κ1) is 33.0. The van der Waals surface area contributed by atoms with Crippen LogP contribution in [0.15, 0.2) is 199 Å². The van der Waals surface area contributed by atoms with E-state index in [1.165, 1.54) is 5.39 Å². The molecule has 7 nitrogen and oxygen atoms in total. The summed E-state index contributed by atoms with van der Waals surface area (Å²) < 4.78 is 11.3. The van der Waals surface area contributed by atoms with E-state index in [2.05, 4.69) is 124 Å². The second kappa shape index (κ2) is 13.2. The fourth-order valence-electron chi connectivity index (χ4n) is 8.57. The van der Waals surface area contributed by atoms with E-state index in [1.54, 1.807) is 0 Å². The summed E-state index contributed by atoms with van der Waals surface area (Å²) >= 11 is 0. The number of rotatable bonds is 6. The predicted molar refractivity (Wildman–Crippen MR) is 238 cm³/mol. The topological polar surface area (TPSA) is 74.6 Å². The molecule has 276 valence electrons. The van der Waals surface area contributed by atoms with Crippen molar-refractivity contribution >= 4 is 54.7 Å². The maximum absolute atomic E-state index is 6.68. The van der Waals surface area contributed by atoms with Crippen molar-refractivity contribution in [3.8, 4) is 57.0 Å². The van der Waals surface area contributed by atoms with Crippen LogP contribution in [0.4, 0.5) is 0 Å². The Morgan fingerprint density at radius 3 is 1.66 bits per heavy atom. The van der Waals surface area contributed by atoms with Crippen molar-refractivity contribution in [2.45, 2.75) is 0 Å². The first-order valence-electron chi connectivity index (χ1n) is 19.7. The van der Waals surface area contributed by atoms with E-state index in [4.69, 9.17) is 24.4 Å². The monoisotopic (exact) mass is 756 g/mol. The minimum atomic E-state index is 0.488. The first-order chi connectivity index (χ1) is 29.3. The molecule has 0 bridgehead atoms. The molecular weight excluding hydrogens is 725 g/mol. The lowest BCUT2D eigenvalue weighted by Crippen LogP contribution is -2.07. The Morgan fingerprint density at radius 2 is 0.932 bits per heavy atom. The lowest BCUT2D eigenvalue weighted by atomic mass is 10.0. The van der Waals surface area contributed by atoms with E-state index in [9.17, 15) is 0 Å². The van der Waals surface area contributed by atoms with Gasteiger partial charge in [-0.25, -0.2) is 9.97 Å². The molecule has 12 rings (SSSR count). The van der Waals surface area contributed by atoms with Crippen LogP contribution in [0.2, 0.25) is 0 Å². The van der Waals surface area contributed by atoms with Crippen molar-refractivity contribution in [2.24, 2.45) is 0 Å². The molecule has 0 atom stereocenters. The van der Waals surface area contributed by atoms with Gasteiger partial charge in [0.2, 0.25) is 11.8 Å². The van der Waals surface area contributed by atoms with Gasteiger partial charge in [-0.2, -0.15) is 9.97 Å². The van der Waals surface area contributed by atoms with Gasteiger partial charge in [0.05, 0.1) is 27.6 Å². The number of hydrogen-bond acceptors (Lipinski definition) is 5. The van der Waals surface area contributed by atoms with Crippen molar-refractivity contribution in [1.29, 1.82) is 0 Å². The Labute approximate surface area is 338 Å². The van der Waals surface area contributed by atoms with Gasteiger partial charge in [-0.15, -0.1) is 0 Å². The number of oxazole rings is 1. The summed E-state index contributed by atoms with van der Waals surface area (Å²) in [5.41, 5.74) is 11.3. The molecule has 0 radical (unpaired) electrons. The SMILES string of the molecule is c1ccc(-c2cccc(-c3nc4cccc(-c5nc(-c6ccccc6)nc(-n6c7ccccc7c7ccc8c9ccccc9n(-c9ccccc9)c8c76)n5)c4o3)c2)cc1. The quantitative estimate of drug-likeness (QED) is 0.169. The number of nitrogens with zero attached hydrogens (tertiary/aromatic N) is 6. The molecular formula is C52H32N6O. The van der Waals surface area contributed by atoms with E-state index in [0.717, 1.165) is 77.2 Å². The third-order valence-corrected chi connectivity index (χ3v) is 11.2. The van der Waals surface area contributed by atoms with Crippen LogP contribution in [0.5, 0.6) is 0 Å². The van der Waals surface area contributed by atoms with Gasteiger partial charge >= 0.3 is 0 Å². The minimum absolute atomic E-state index is 0.488. The standard InChI is InChI=1S/C52H32N6O/c1-4-16-33(17-5-1)35-20-14-21-36(32-35)51-53-43-27-15-26-42(48(43)59-51)50-54-49(34-18-6-2-7-19-34)55-52(56-50)58-45-29-13-11-25-39(45)41-31-30-40-38-24-10-12-28-44(38)57(46(40)47(41)58)37-22-8-3-9-23-37/h1-32H. The maximum atomic E-state index is 6.68. The molecule has 0 fully saturated rings. The minimum Gasteiger partial charge on any atom is -0.435 e. The van der Waals surface area contributed by atoms with Crippen LogP contribution in [0, 0.1) is 0 Å². The van der Waals surface area contributed by atoms with E-state index in [0.29, 0.717) is 29.1 Å². The Balaban J connectivity index is 1.14. The van der Waals surface area contributed by atoms with Crippen LogP contribution < -0.4 is 0 Å². The molecule has 0 spiro atoms. The van der Waals surface area contributed by atoms with Gasteiger partial charge in [-0.1, -0.05) is 146 Å². The average molecular weight is 757 g/mol. The largest absolute Gasteiger partial charge is 0.435 e. The first-order valence-corrected chi connectivity index (χ1v) is 19.7. The summed E-state index contributed by atoms with van der Waals surface area (Å²) in [6.45, 7) is 0. The van der Waals surface area contributed by atoms with E-state index in [1.807, 2.05) is 78.9 Å². The molecule has 0 aliphatic rings. The molecule has 59 heavy (non-hydrogen) atoms. The molecule has 4 aromatic heterocycles. The molecule has 0 saturated heterocycles. The highest BCUT2D eigenvalue weighted by Crippen LogP contribution is 2.42. The van der Waals surface area contributed by atoms with Crippen LogP contribution >= 0.6 is 0 Å². The van der Waals surface area contributed by atoms with Crippen molar-refractivity contribution in [3.63, 3.8) is 0 Å². The van der Waals surface area contributed by atoms with Gasteiger partial charge in [0, 0.05) is 38.4 Å². The third-order valence-electron chi connectivity index (χ3n) is 11.2. The van der Waals surface area contributed by atoms with Crippen molar-refractivity contribution in [3.05, 3.63) is 194 Å². The lowest BCUT2D eigenvalue weighted by Gasteiger charge is -2.13. The van der Waals surface area contributed by atoms with E-state index >= 15 is 0 Å².